The van der Waals surface area contributed by atoms with Crippen LogP contribution in [0.15, 0.2) is 17.2 Å². The van der Waals surface area contributed by atoms with Gasteiger partial charge in [-0.15, -0.1) is 0 Å². The minimum absolute atomic E-state index is 0.182. The fraction of sp³-hybridized carbons (Fsp3) is 0.286. The van der Waals surface area contributed by atoms with Crippen LogP contribution in [-0.4, -0.2) is 35.6 Å². The van der Waals surface area contributed by atoms with Crippen LogP contribution in [-0.2, 0) is 21.5 Å². The van der Waals surface area contributed by atoms with Crippen molar-refractivity contribution in [1.29, 1.82) is 0 Å². The highest BCUT2D eigenvalue weighted by atomic mass is 32.2. The maximum absolute atomic E-state index is 10.6. The van der Waals surface area contributed by atoms with E-state index >= 15 is 0 Å². The van der Waals surface area contributed by atoms with Gasteiger partial charge in [0.25, 0.3) is 10.1 Å². The van der Waals surface area contributed by atoms with Crippen LogP contribution in [0, 0.1) is 0 Å². The standard InChI is InChI=1S/C7H10N2O5S/c10-7(11)4-8-2-5-1-6(3-9-5)15(12,13)14/h1,3,8-9H,2,4H2,(H,10,11)(H,12,13,14). The number of nitrogens with one attached hydrogen (secondary N) is 2. The van der Waals surface area contributed by atoms with Crippen LogP contribution in [0.1, 0.15) is 5.69 Å². The Morgan fingerprint density at radius 1 is 1.53 bits per heavy atom. The molecule has 84 valence electrons. The molecule has 1 aromatic rings. The number of aromatic amines is 1. The molecule has 0 fully saturated rings. The SMILES string of the molecule is O=C(O)CNCc1cc(S(=O)(=O)O)c[nH]1. The van der Waals surface area contributed by atoms with E-state index < -0.39 is 16.1 Å². The second-order valence-corrected chi connectivity index (χ2v) is 4.25. The van der Waals surface area contributed by atoms with E-state index in [4.69, 9.17) is 9.66 Å². The van der Waals surface area contributed by atoms with Crippen LogP contribution in [0.25, 0.3) is 0 Å². The van der Waals surface area contributed by atoms with Crippen molar-refractivity contribution in [1.82, 2.24) is 10.3 Å². The first-order chi connectivity index (χ1) is 6.89. The van der Waals surface area contributed by atoms with Gasteiger partial charge in [0.1, 0.15) is 4.90 Å². The van der Waals surface area contributed by atoms with Crippen LogP contribution in [0.2, 0.25) is 0 Å². The molecule has 1 aromatic heterocycles. The number of H-pyrrole nitrogens is 1. The topological polar surface area (TPSA) is 119 Å². The Hall–Kier alpha value is -1.38. The molecular weight excluding hydrogens is 224 g/mol. The first kappa shape index (κ1) is 11.7. The molecule has 0 aromatic carbocycles. The van der Waals surface area contributed by atoms with Gasteiger partial charge in [0.2, 0.25) is 0 Å². The number of rotatable bonds is 5. The monoisotopic (exact) mass is 234 g/mol. The van der Waals surface area contributed by atoms with Gasteiger partial charge in [0.05, 0.1) is 6.54 Å². The van der Waals surface area contributed by atoms with Crippen molar-refractivity contribution in [3.63, 3.8) is 0 Å². The summed E-state index contributed by atoms with van der Waals surface area (Å²) >= 11 is 0. The summed E-state index contributed by atoms with van der Waals surface area (Å²) in [5.74, 6) is -1.00. The number of hydrogen-bond donors (Lipinski definition) is 4. The first-order valence-corrected chi connectivity index (χ1v) is 5.41. The molecule has 0 saturated carbocycles. The van der Waals surface area contributed by atoms with Gasteiger partial charge in [-0.3, -0.25) is 9.35 Å². The second kappa shape index (κ2) is 4.43. The summed E-state index contributed by atoms with van der Waals surface area (Å²) in [6.07, 6.45) is 1.13. The van der Waals surface area contributed by atoms with Crippen LogP contribution in [0.3, 0.4) is 0 Å². The Kier molecular flexibility index (Phi) is 3.45. The molecule has 0 bridgehead atoms. The van der Waals surface area contributed by atoms with Gasteiger partial charge in [0, 0.05) is 18.4 Å². The zero-order valence-corrected chi connectivity index (χ0v) is 8.41. The number of aliphatic carboxylic acids is 1. The Bertz CT molecular complexity index is 450. The number of aromatic nitrogens is 1. The molecule has 15 heavy (non-hydrogen) atoms. The molecular formula is C7H10N2O5S. The summed E-state index contributed by atoms with van der Waals surface area (Å²) in [7, 11) is -4.20. The summed E-state index contributed by atoms with van der Waals surface area (Å²) < 4.78 is 30.0. The van der Waals surface area contributed by atoms with Gasteiger partial charge in [-0.05, 0) is 6.07 Å². The smallest absolute Gasteiger partial charge is 0.317 e. The van der Waals surface area contributed by atoms with Crippen molar-refractivity contribution in [2.24, 2.45) is 0 Å². The van der Waals surface area contributed by atoms with Gasteiger partial charge in [0.15, 0.2) is 0 Å². The van der Waals surface area contributed by atoms with E-state index in [-0.39, 0.29) is 18.0 Å². The van der Waals surface area contributed by atoms with Gasteiger partial charge >= 0.3 is 5.97 Å². The highest BCUT2D eigenvalue weighted by Gasteiger charge is 2.11. The Labute approximate surface area is 85.9 Å². The Morgan fingerprint density at radius 2 is 2.20 bits per heavy atom. The van der Waals surface area contributed by atoms with E-state index in [1.165, 1.54) is 6.07 Å². The molecule has 0 aliphatic heterocycles. The lowest BCUT2D eigenvalue weighted by Crippen LogP contribution is -2.21. The zero-order valence-electron chi connectivity index (χ0n) is 7.60. The lowest BCUT2D eigenvalue weighted by atomic mass is 10.4. The van der Waals surface area contributed by atoms with E-state index in [2.05, 4.69) is 10.3 Å². The quantitative estimate of drug-likeness (QED) is 0.507. The molecule has 0 atom stereocenters. The molecule has 1 heterocycles. The van der Waals surface area contributed by atoms with Gasteiger partial charge in [-0.25, -0.2) is 0 Å². The third-order valence-electron chi connectivity index (χ3n) is 1.61. The van der Waals surface area contributed by atoms with E-state index in [9.17, 15) is 13.2 Å². The van der Waals surface area contributed by atoms with Crippen molar-refractivity contribution in [3.05, 3.63) is 18.0 Å². The molecule has 0 amide bonds. The number of carboxylic acid groups (broad SMARTS) is 1. The lowest BCUT2D eigenvalue weighted by Gasteiger charge is -1.97. The van der Waals surface area contributed by atoms with Crippen molar-refractivity contribution < 1.29 is 22.9 Å². The predicted molar refractivity (Wildman–Crippen MR) is 49.9 cm³/mol. The molecule has 0 saturated heterocycles. The maximum Gasteiger partial charge on any atom is 0.317 e. The molecule has 1 rings (SSSR count). The van der Waals surface area contributed by atoms with E-state index in [0.717, 1.165) is 6.20 Å². The Balaban J connectivity index is 2.58. The summed E-state index contributed by atoms with van der Waals surface area (Å²) in [5, 5.41) is 10.9. The highest BCUT2D eigenvalue weighted by molar-refractivity contribution is 7.85. The number of carbonyl (C=O) groups is 1. The van der Waals surface area contributed by atoms with Gasteiger partial charge in [-0.1, -0.05) is 0 Å². The number of carboxylic acids is 1. The third kappa shape index (κ3) is 3.70. The molecule has 0 aliphatic carbocycles. The summed E-state index contributed by atoms with van der Waals surface area (Å²) in [4.78, 5) is 12.5. The molecule has 7 nitrogen and oxygen atoms in total. The van der Waals surface area contributed by atoms with Crippen molar-refractivity contribution in [2.45, 2.75) is 11.4 Å². The largest absolute Gasteiger partial charge is 0.480 e. The minimum atomic E-state index is -4.20. The van der Waals surface area contributed by atoms with Crippen molar-refractivity contribution >= 4 is 16.1 Å². The first-order valence-electron chi connectivity index (χ1n) is 3.97. The van der Waals surface area contributed by atoms with Crippen LogP contribution < -0.4 is 5.32 Å². The minimum Gasteiger partial charge on any atom is -0.480 e. The average molecular weight is 234 g/mol. The molecule has 0 radical (unpaired) electrons. The normalized spacial score (nSPS) is 11.5. The Morgan fingerprint density at radius 3 is 2.67 bits per heavy atom. The third-order valence-corrected chi connectivity index (χ3v) is 2.44. The van der Waals surface area contributed by atoms with Gasteiger partial charge < -0.3 is 15.4 Å². The molecule has 0 aliphatic rings. The van der Waals surface area contributed by atoms with Crippen molar-refractivity contribution in [2.75, 3.05) is 6.54 Å². The predicted octanol–water partition coefficient (Wildman–Crippen LogP) is -0.564. The summed E-state index contributed by atoms with van der Waals surface area (Å²) in [5.41, 5.74) is 0.476. The van der Waals surface area contributed by atoms with E-state index in [1.807, 2.05) is 0 Å². The fourth-order valence-corrected chi connectivity index (χ4v) is 1.47. The van der Waals surface area contributed by atoms with Crippen LogP contribution >= 0.6 is 0 Å². The summed E-state index contributed by atoms with van der Waals surface area (Å²) in [6, 6.07) is 1.23. The molecule has 8 heteroatoms. The van der Waals surface area contributed by atoms with E-state index in [1.54, 1.807) is 0 Å². The van der Waals surface area contributed by atoms with Gasteiger partial charge in [-0.2, -0.15) is 8.42 Å². The molecule has 4 N–H and O–H groups in total. The summed E-state index contributed by atoms with van der Waals surface area (Å²) in [6.45, 7) is -0.0396. The van der Waals surface area contributed by atoms with Crippen LogP contribution in [0.5, 0.6) is 0 Å². The highest BCUT2D eigenvalue weighted by Crippen LogP contribution is 2.09. The van der Waals surface area contributed by atoms with Crippen molar-refractivity contribution in [3.8, 4) is 0 Å². The number of hydrogen-bond acceptors (Lipinski definition) is 4. The van der Waals surface area contributed by atoms with E-state index in [0.29, 0.717) is 5.69 Å². The zero-order chi connectivity index (χ0) is 11.5. The fourth-order valence-electron chi connectivity index (χ4n) is 0.974. The second-order valence-electron chi connectivity index (χ2n) is 2.83. The maximum atomic E-state index is 10.6. The average Bonchev–Trinajstić information content (AvgIpc) is 2.51. The van der Waals surface area contributed by atoms with Crippen LogP contribution in [0.4, 0.5) is 0 Å². The molecule has 0 spiro atoms. The molecule has 0 unspecified atom stereocenters. The lowest BCUT2D eigenvalue weighted by molar-refractivity contribution is -0.136.